The molecule has 5 nitrogen and oxygen atoms in total. The number of rotatable bonds is 6. The van der Waals surface area contributed by atoms with Gasteiger partial charge in [-0.15, -0.1) is 0 Å². The van der Waals surface area contributed by atoms with Crippen molar-refractivity contribution < 1.29 is 9.53 Å². The van der Waals surface area contributed by atoms with E-state index in [4.69, 9.17) is 4.74 Å². The minimum Gasteiger partial charge on any atom is -0.379 e. The van der Waals surface area contributed by atoms with Gasteiger partial charge in [-0.2, -0.15) is 5.26 Å². The van der Waals surface area contributed by atoms with Gasteiger partial charge in [-0.25, -0.2) is 0 Å². The van der Waals surface area contributed by atoms with Crippen molar-refractivity contribution in [1.82, 2.24) is 10.2 Å². The van der Waals surface area contributed by atoms with E-state index in [0.29, 0.717) is 6.54 Å². The van der Waals surface area contributed by atoms with Crippen molar-refractivity contribution in [3.8, 4) is 6.07 Å². The zero-order chi connectivity index (χ0) is 16.5. The van der Waals surface area contributed by atoms with Crippen LogP contribution in [-0.2, 0) is 9.53 Å². The van der Waals surface area contributed by atoms with Gasteiger partial charge in [-0.3, -0.25) is 9.69 Å². The SMILES string of the molecule is N#C/C(=C\c1cccc(Br)c1)C(=O)NCCCN1CCOCC1. The minimum absolute atomic E-state index is 0.120. The number of ether oxygens (including phenoxy) is 1. The van der Waals surface area contributed by atoms with Crippen molar-refractivity contribution in [2.45, 2.75) is 6.42 Å². The number of amides is 1. The Bertz CT molecular complexity index is 604. The molecule has 1 aromatic carbocycles. The molecule has 0 radical (unpaired) electrons. The predicted molar refractivity (Wildman–Crippen MR) is 92.6 cm³/mol. The molecule has 0 bridgehead atoms. The summed E-state index contributed by atoms with van der Waals surface area (Å²) < 4.78 is 6.21. The van der Waals surface area contributed by atoms with Crippen molar-refractivity contribution >= 4 is 27.9 Å². The van der Waals surface area contributed by atoms with E-state index in [-0.39, 0.29) is 11.5 Å². The third-order valence-corrected chi connectivity index (χ3v) is 4.06. The van der Waals surface area contributed by atoms with Crippen molar-refractivity contribution in [1.29, 1.82) is 5.26 Å². The maximum atomic E-state index is 12.1. The van der Waals surface area contributed by atoms with Gasteiger partial charge < -0.3 is 10.1 Å². The van der Waals surface area contributed by atoms with Gasteiger partial charge >= 0.3 is 0 Å². The molecular weight excluding hydrogens is 358 g/mol. The van der Waals surface area contributed by atoms with Crippen LogP contribution in [0.5, 0.6) is 0 Å². The molecule has 1 saturated heterocycles. The maximum Gasteiger partial charge on any atom is 0.261 e. The van der Waals surface area contributed by atoms with Crippen LogP contribution in [0.2, 0.25) is 0 Å². The van der Waals surface area contributed by atoms with Gasteiger partial charge in [0.25, 0.3) is 5.91 Å². The smallest absolute Gasteiger partial charge is 0.261 e. The van der Waals surface area contributed by atoms with E-state index in [9.17, 15) is 10.1 Å². The number of benzene rings is 1. The van der Waals surface area contributed by atoms with Crippen LogP contribution in [0.4, 0.5) is 0 Å². The molecule has 1 aliphatic heterocycles. The second-order valence-electron chi connectivity index (χ2n) is 5.29. The fraction of sp³-hybridized carbons (Fsp3) is 0.412. The molecule has 1 amide bonds. The zero-order valence-corrected chi connectivity index (χ0v) is 14.5. The molecule has 23 heavy (non-hydrogen) atoms. The van der Waals surface area contributed by atoms with Crippen molar-refractivity contribution in [3.05, 3.63) is 39.9 Å². The van der Waals surface area contributed by atoms with Gasteiger partial charge in [0.05, 0.1) is 13.2 Å². The van der Waals surface area contributed by atoms with E-state index in [1.807, 2.05) is 30.3 Å². The monoisotopic (exact) mass is 377 g/mol. The summed E-state index contributed by atoms with van der Waals surface area (Å²) in [6.07, 6.45) is 2.46. The number of morpholine rings is 1. The lowest BCUT2D eigenvalue weighted by molar-refractivity contribution is -0.117. The second-order valence-corrected chi connectivity index (χ2v) is 6.20. The van der Waals surface area contributed by atoms with Gasteiger partial charge in [0.2, 0.25) is 0 Å². The molecule has 122 valence electrons. The lowest BCUT2D eigenvalue weighted by Crippen LogP contribution is -2.38. The highest BCUT2D eigenvalue weighted by Gasteiger charge is 2.11. The van der Waals surface area contributed by atoms with Crippen molar-refractivity contribution in [3.63, 3.8) is 0 Å². The highest BCUT2D eigenvalue weighted by atomic mass is 79.9. The average Bonchev–Trinajstić information content (AvgIpc) is 2.57. The van der Waals surface area contributed by atoms with Gasteiger partial charge in [-0.05, 0) is 36.7 Å². The molecule has 0 saturated carbocycles. The Morgan fingerprint density at radius 1 is 1.43 bits per heavy atom. The van der Waals surface area contributed by atoms with E-state index in [1.54, 1.807) is 6.08 Å². The van der Waals surface area contributed by atoms with E-state index in [2.05, 4.69) is 26.1 Å². The highest BCUT2D eigenvalue weighted by molar-refractivity contribution is 9.10. The van der Waals surface area contributed by atoms with E-state index in [1.165, 1.54) is 0 Å². The second kappa shape index (κ2) is 9.46. The van der Waals surface area contributed by atoms with Crippen LogP contribution in [0, 0.1) is 11.3 Å². The number of hydrogen-bond acceptors (Lipinski definition) is 4. The Hall–Kier alpha value is -1.68. The van der Waals surface area contributed by atoms with Crippen LogP contribution in [0.15, 0.2) is 34.3 Å². The van der Waals surface area contributed by atoms with Crippen LogP contribution in [-0.4, -0.2) is 50.2 Å². The lowest BCUT2D eigenvalue weighted by atomic mass is 10.1. The largest absolute Gasteiger partial charge is 0.379 e. The predicted octanol–water partition coefficient (Wildman–Crippen LogP) is 2.19. The first-order valence-corrected chi connectivity index (χ1v) is 8.44. The Morgan fingerprint density at radius 2 is 2.22 bits per heavy atom. The normalized spacial score (nSPS) is 15.9. The number of carbonyl (C=O) groups is 1. The third kappa shape index (κ3) is 6.14. The maximum absolute atomic E-state index is 12.1. The van der Waals surface area contributed by atoms with Crippen molar-refractivity contribution in [2.75, 3.05) is 39.4 Å². The summed E-state index contributed by atoms with van der Waals surface area (Å²) >= 11 is 3.37. The highest BCUT2D eigenvalue weighted by Crippen LogP contribution is 2.14. The standard InChI is InChI=1S/C17H20BrN3O2/c18-16-4-1-3-14(12-16)11-15(13-19)17(22)20-5-2-6-21-7-9-23-10-8-21/h1,3-4,11-12H,2,5-10H2,(H,20,22)/b15-11+. The Morgan fingerprint density at radius 3 is 2.91 bits per heavy atom. The summed E-state index contributed by atoms with van der Waals surface area (Å²) in [4.78, 5) is 14.4. The first-order chi connectivity index (χ1) is 11.2. The molecule has 1 aliphatic rings. The number of halogens is 1. The number of carbonyl (C=O) groups excluding carboxylic acids is 1. The Kier molecular flexibility index (Phi) is 7.27. The molecule has 0 unspecified atom stereocenters. The summed E-state index contributed by atoms with van der Waals surface area (Å²) in [5, 5.41) is 12.0. The molecule has 1 N–H and O–H groups in total. The minimum atomic E-state index is -0.325. The number of nitriles is 1. The average molecular weight is 378 g/mol. The van der Waals surface area contributed by atoms with Gasteiger partial charge in [0.1, 0.15) is 11.6 Å². The number of hydrogen-bond donors (Lipinski definition) is 1. The molecular formula is C17H20BrN3O2. The molecule has 0 atom stereocenters. The van der Waals surface area contributed by atoms with Gasteiger partial charge in [0.15, 0.2) is 0 Å². The summed E-state index contributed by atoms with van der Waals surface area (Å²) in [7, 11) is 0. The summed E-state index contributed by atoms with van der Waals surface area (Å²) in [5.74, 6) is -0.325. The molecule has 0 aliphatic carbocycles. The van der Waals surface area contributed by atoms with Crippen LogP contribution in [0.1, 0.15) is 12.0 Å². The summed E-state index contributed by atoms with van der Waals surface area (Å²) in [6, 6.07) is 9.45. The molecule has 6 heteroatoms. The lowest BCUT2D eigenvalue weighted by Gasteiger charge is -2.26. The third-order valence-electron chi connectivity index (χ3n) is 3.57. The fourth-order valence-corrected chi connectivity index (χ4v) is 2.75. The molecule has 1 heterocycles. The quantitative estimate of drug-likeness (QED) is 0.468. The molecule has 1 fully saturated rings. The summed E-state index contributed by atoms with van der Waals surface area (Å²) in [5.41, 5.74) is 0.939. The number of nitrogens with one attached hydrogen (secondary N) is 1. The molecule has 0 spiro atoms. The topological polar surface area (TPSA) is 65.4 Å². The summed E-state index contributed by atoms with van der Waals surface area (Å²) in [6.45, 7) is 4.94. The Labute approximate surface area is 145 Å². The zero-order valence-electron chi connectivity index (χ0n) is 12.9. The van der Waals surface area contributed by atoms with Gasteiger partial charge in [0, 0.05) is 24.1 Å². The van der Waals surface area contributed by atoms with Crippen molar-refractivity contribution in [2.24, 2.45) is 0 Å². The Balaban J connectivity index is 1.79. The van der Waals surface area contributed by atoms with Crippen LogP contribution >= 0.6 is 15.9 Å². The molecule has 2 rings (SSSR count). The first kappa shape index (κ1) is 17.7. The molecule has 0 aromatic heterocycles. The van der Waals surface area contributed by atoms with E-state index in [0.717, 1.165) is 49.3 Å². The fourth-order valence-electron chi connectivity index (χ4n) is 2.34. The number of nitrogens with zero attached hydrogens (tertiary/aromatic N) is 2. The first-order valence-electron chi connectivity index (χ1n) is 7.65. The van der Waals surface area contributed by atoms with Crippen LogP contribution in [0.3, 0.4) is 0 Å². The molecule has 1 aromatic rings. The van der Waals surface area contributed by atoms with Crippen LogP contribution in [0.25, 0.3) is 6.08 Å². The van der Waals surface area contributed by atoms with E-state index < -0.39 is 0 Å². The van der Waals surface area contributed by atoms with Crippen LogP contribution < -0.4 is 5.32 Å². The van der Waals surface area contributed by atoms with Gasteiger partial charge in [-0.1, -0.05) is 28.1 Å². The van der Waals surface area contributed by atoms with E-state index >= 15 is 0 Å².